The van der Waals surface area contributed by atoms with Gasteiger partial charge in [-0.25, -0.2) is 4.79 Å². The first-order valence-corrected chi connectivity index (χ1v) is 9.22. The van der Waals surface area contributed by atoms with Gasteiger partial charge in [-0.05, 0) is 61.0 Å². The van der Waals surface area contributed by atoms with Gasteiger partial charge in [0.1, 0.15) is 11.5 Å². The lowest BCUT2D eigenvalue weighted by molar-refractivity contribution is -0.117. The van der Waals surface area contributed by atoms with Crippen molar-refractivity contribution in [3.05, 3.63) is 84.4 Å². The summed E-state index contributed by atoms with van der Waals surface area (Å²) in [5, 5.41) is 5.29. The number of carbonyl (C=O) groups is 2. The Morgan fingerprint density at radius 3 is 2.28 bits per heavy atom. The fraction of sp³-hybridized carbons (Fsp3) is 0.130. The number of urea groups is 1. The lowest BCUT2D eigenvalue weighted by atomic mass is 10.2. The van der Waals surface area contributed by atoms with E-state index in [0.29, 0.717) is 17.1 Å². The smallest absolute Gasteiger partial charge is 0.319 e. The van der Waals surface area contributed by atoms with Gasteiger partial charge in [0.2, 0.25) is 5.91 Å². The highest BCUT2D eigenvalue weighted by Crippen LogP contribution is 2.23. The third kappa shape index (κ3) is 5.84. The second kappa shape index (κ2) is 9.41. The maximum absolute atomic E-state index is 12.4. The molecule has 29 heavy (non-hydrogen) atoms. The number of hydrogen-bond donors (Lipinski definition) is 2. The molecule has 148 valence electrons. The van der Waals surface area contributed by atoms with Gasteiger partial charge < -0.3 is 20.3 Å². The standard InChI is InChI=1S/C23H23N3O3/c1-17-7-6-8-18(15-17)25-23(28)24-16-22(27)26(2)19-11-13-21(14-12-19)29-20-9-4-3-5-10-20/h3-15H,16H2,1-2H3,(H2,24,25,28). The van der Waals surface area contributed by atoms with Gasteiger partial charge in [-0.15, -0.1) is 0 Å². The quantitative estimate of drug-likeness (QED) is 0.649. The Bertz CT molecular complexity index is 972. The molecule has 0 aliphatic rings. The molecule has 6 nitrogen and oxygen atoms in total. The van der Waals surface area contributed by atoms with Crippen LogP contribution in [0.1, 0.15) is 5.56 Å². The van der Waals surface area contributed by atoms with Crippen LogP contribution < -0.4 is 20.3 Å². The van der Waals surface area contributed by atoms with E-state index in [1.54, 1.807) is 37.4 Å². The topological polar surface area (TPSA) is 70.7 Å². The molecular formula is C23H23N3O3. The lowest BCUT2D eigenvalue weighted by Crippen LogP contribution is -2.39. The molecular weight excluding hydrogens is 366 g/mol. The molecule has 3 rings (SSSR count). The first kappa shape index (κ1) is 19.9. The Hall–Kier alpha value is -3.80. The van der Waals surface area contributed by atoms with E-state index in [1.165, 1.54) is 4.90 Å². The molecule has 0 aliphatic carbocycles. The first-order chi connectivity index (χ1) is 14.0. The van der Waals surface area contributed by atoms with E-state index in [9.17, 15) is 9.59 Å². The summed E-state index contributed by atoms with van der Waals surface area (Å²) in [4.78, 5) is 25.9. The summed E-state index contributed by atoms with van der Waals surface area (Å²) >= 11 is 0. The second-order valence-corrected chi connectivity index (χ2v) is 6.54. The van der Waals surface area contributed by atoms with Crippen molar-refractivity contribution in [2.24, 2.45) is 0 Å². The number of aryl methyl sites for hydroxylation is 1. The highest BCUT2D eigenvalue weighted by molar-refractivity contribution is 5.98. The van der Waals surface area contributed by atoms with Crippen molar-refractivity contribution in [3.8, 4) is 11.5 Å². The highest BCUT2D eigenvalue weighted by atomic mass is 16.5. The van der Waals surface area contributed by atoms with E-state index < -0.39 is 6.03 Å². The van der Waals surface area contributed by atoms with E-state index in [-0.39, 0.29) is 12.5 Å². The summed E-state index contributed by atoms with van der Waals surface area (Å²) < 4.78 is 5.75. The number of hydrogen-bond acceptors (Lipinski definition) is 3. The van der Waals surface area contributed by atoms with E-state index >= 15 is 0 Å². The van der Waals surface area contributed by atoms with Crippen LogP contribution in [0.5, 0.6) is 11.5 Å². The normalized spacial score (nSPS) is 10.1. The van der Waals surface area contributed by atoms with E-state index in [2.05, 4.69) is 10.6 Å². The number of carbonyl (C=O) groups excluding carboxylic acids is 2. The van der Waals surface area contributed by atoms with Crippen LogP contribution in [0, 0.1) is 6.92 Å². The monoisotopic (exact) mass is 389 g/mol. The van der Waals surface area contributed by atoms with Gasteiger partial charge in [0.25, 0.3) is 0 Å². The molecule has 0 aromatic heterocycles. The zero-order chi connectivity index (χ0) is 20.6. The molecule has 0 saturated carbocycles. The summed E-state index contributed by atoms with van der Waals surface area (Å²) in [6, 6.07) is 23.7. The number of benzene rings is 3. The van der Waals surface area contributed by atoms with Gasteiger partial charge in [-0.1, -0.05) is 30.3 Å². The molecule has 0 spiro atoms. The molecule has 0 fully saturated rings. The largest absolute Gasteiger partial charge is 0.457 e. The zero-order valence-corrected chi connectivity index (χ0v) is 16.4. The Balaban J connectivity index is 1.51. The van der Waals surface area contributed by atoms with Crippen molar-refractivity contribution >= 4 is 23.3 Å². The molecule has 0 aliphatic heterocycles. The Morgan fingerprint density at radius 1 is 0.897 bits per heavy atom. The minimum absolute atomic E-state index is 0.115. The van der Waals surface area contributed by atoms with E-state index in [4.69, 9.17) is 4.74 Å². The first-order valence-electron chi connectivity index (χ1n) is 9.22. The minimum Gasteiger partial charge on any atom is -0.457 e. The molecule has 0 unspecified atom stereocenters. The fourth-order valence-electron chi connectivity index (χ4n) is 2.68. The number of likely N-dealkylation sites (N-methyl/N-ethyl adjacent to an activating group) is 1. The van der Waals surface area contributed by atoms with Crippen molar-refractivity contribution in [2.75, 3.05) is 23.8 Å². The molecule has 2 N–H and O–H groups in total. The molecule has 0 heterocycles. The predicted molar refractivity (Wildman–Crippen MR) is 115 cm³/mol. The second-order valence-electron chi connectivity index (χ2n) is 6.54. The van der Waals surface area contributed by atoms with Gasteiger partial charge >= 0.3 is 6.03 Å². The maximum atomic E-state index is 12.4. The van der Waals surface area contributed by atoms with Gasteiger partial charge in [-0.2, -0.15) is 0 Å². The van der Waals surface area contributed by atoms with Crippen LogP contribution in [-0.2, 0) is 4.79 Å². The number of nitrogens with zero attached hydrogens (tertiary/aromatic N) is 1. The van der Waals surface area contributed by atoms with Gasteiger partial charge in [0.05, 0.1) is 6.54 Å². The summed E-state index contributed by atoms with van der Waals surface area (Å²) in [5.41, 5.74) is 2.42. The van der Waals surface area contributed by atoms with Crippen LogP contribution in [0.3, 0.4) is 0 Å². The Morgan fingerprint density at radius 2 is 1.59 bits per heavy atom. The number of anilines is 2. The zero-order valence-electron chi connectivity index (χ0n) is 16.4. The molecule has 0 saturated heterocycles. The number of rotatable bonds is 6. The predicted octanol–water partition coefficient (Wildman–Crippen LogP) is 4.57. The number of ether oxygens (including phenoxy) is 1. The van der Waals surface area contributed by atoms with Crippen LogP contribution >= 0.6 is 0 Å². The Kier molecular flexibility index (Phi) is 6.47. The SMILES string of the molecule is Cc1cccc(NC(=O)NCC(=O)N(C)c2ccc(Oc3ccccc3)cc2)c1. The van der Waals surface area contributed by atoms with Crippen LogP contribution in [-0.4, -0.2) is 25.5 Å². The van der Waals surface area contributed by atoms with E-state index in [1.807, 2.05) is 55.5 Å². The third-order valence-electron chi connectivity index (χ3n) is 4.25. The summed E-state index contributed by atoms with van der Waals surface area (Å²) in [6.45, 7) is 1.83. The minimum atomic E-state index is -0.427. The van der Waals surface area contributed by atoms with Crippen LogP contribution in [0.15, 0.2) is 78.9 Å². The van der Waals surface area contributed by atoms with Crippen molar-refractivity contribution in [1.82, 2.24) is 5.32 Å². The highest BCUT2D eigenvalue weighted by Gasteiger charge is 2.12. The van der Waals surface area contributed by atoms with Crippen molar-refractivity contribution < 1.29 is 14.3 Å². The molecule has 3 aromatic carbocycles. The number of amides is 3. The number of nitrogens with one attached hydrogen (secondary N) is 2. The van der Waals surface area contributed by atoms with Crippen LogP contribution in [0.4, 0.5) is 16.2 Å². The van der Waals surface area contributed by atoms with Crippen LogP contribution in [0.2, 0.25) is 0 Å². The fourth-order valence-corrected chi connectivity index (χ4v) is 2.68. The summed E-state index contributed by atoms with van der Waals surface area (Å²) in [6.07, 6.45) is 0. The summed E-state index contributed by atoms with van der Waals surface area (Å²) in [5.74, 6) is 1.19. The van der Waals surface area contributed by atoms with Crippen molar-refractivity contribution in [1.29, 1.82) is 0 Å². The van der Waals surface area contributed by atoms with Gasteiger partial charge in [-0.3, -0.25) is 4.79 Å². The van der Waals surface area contributed by atoms with E-state index in [0.717, 1.165) is 11.3 Å². The molecule has 3 aromatic rings. The number of para-hydroxylation sites is 1. The molecule has 0 bridgehead atoms. The molecule has 3 amide bonds. The lowest BCUT2D eigenvalue weighted by Gasteiger charge is -2.18. The molecule has 6 heteroatoms. The average molecular weight is 389 g/mol. The molecule has 0 atom stereocenters. The third-order valence-corrected chi connectivity index (χ3v) is 4.25. The Labute approximate surface area is 170 Å². The van der Waals surface area contributed by atoms with Crippen molar-refractivity contribution in [2.45, 2.75) is 6.92 Å². The maximum Gasteiger partial charge on any atom is 0.319 e. The van der Waals surface area contributed by atoms with Crippen LogP contribution in [0.25, 0.3) is 0 Å². The summed E-state index contributed by atoms with van der Waals surface area (Å²) in [7, 11) is 1.66. The van der Waals surface area contributed by atoms with Gasteiger partial charge in [0.15, 0.2) is 0 Å². The molecule has 0 radical (unpaired) electrons. The van der Waals surface area contributed by atoms with Crippen molar-refractivity contribution in [3.63, 3.8) is 0 Å². The van der Waals surface area contributed by atoms with Gasteiger partial charge in [0, 0.05) is 18.4 Å². The average Bonchev–Trinajstić information content (AvgIpc) is 2.73.